The van der Waals surface area contributed by atoms with Gasteiger partial charge in [0.25, 0.3) is 0 Å². The smallest absolute Gasteiger partial charge is 0.229 e. The second kappa shape index (κ2) is 15.2. The first-order chi connectivity index (χ1) is 17.6. The maximum Gasteiger partial charge on any atom is 0.229 e. The number of hydrogen-bond donors (Lipinski definition) is 1. The monoisotopic (exact) mass is 490 g/mol. The minimum atomic E-state index is 0.189. The van der Waals surface area contributed by atoms with Crippen LogP contribution >= 0.6 is 0 Å². The van der Waals surface area contributed by atoms with Crippen molar-refractivity contribution in [2.45, 2.75) is 96.9 Å². The van der Waals surface area contributed by atoms with Crippen LogP contribution in [-0.4, -0.2) is 21.0 Å². The van der Waals surface area contributed by atoms with E-state index in [-0.39, 0.29) is 17.9 Å². The predicted molar refractivity (Wildman–Crippen MR) is 143 cm³/mol. The molecule has 0 saturated heterocycles. The number of nitrogens with zero attached hydrogens (tertiary/aromatic N) is 3. The van der Waals surface area contributed by atoms with Gasteiger partial charge in [-0.15, -0.1) is 0 Å². The first kappa shape index (κ1) is 27.6. The molecule has 0 spiro atoms. The third-order valence-electron chi connectivity index (χ3n) is 6.74. The van der Waals surface area contributed by atoms with Gasteiger partial charge in [-0.2, -0.15) is 4.98 Å². The second-order valence-electron chi connectivity index (χ2n) is 9.71. The third kappa shape index (κ3) is 8.58. The van der Waals surface area contributed by atoms with Crippen LogP contribution in [0.3, 0.4) is 0 Å². The van der Waals surface area contributed by atoms with E-state index in [1.54, 1.807) is 6.20 Å². The molecule has 3 aromatic rings. The Hall–Kier alpha value is -3.02. The lowest BCUT2D eigenvalue weighted by Gasteiger charge is -2.27. The van der Waals surface area contributed by atoms with E-state index in [1.807, 2.05) is 36.4 Å². The van der Waals surface area contributed by atoms with E-state index in [1.165, 1.54) is 12.0 Å². The van der Waals surface area contributed by atoms with E-state index in [9.17, 15) is 4.79 Å². The molecule has 6 heteroatoms. The second-order valence-corrected chi connectivity index (χ2v) is 9.71. The van der Waals surface area contributed by atoms with Crippen molar-refractivity contribution in [3.63, 3.8) is 0 Å². The largest absolute Gasteiger partial charge is 0.349 e. The van der Waals surface area contributed by atoms with Crippen LogP contribution in [0, 0.1) is 5.92 Å². The highest BCUT2D eigenvalue weighted by atomic mass is 16.5. The van der Waals surface area contributed by atoms with Crippen LogP contribution in [0.2, 0.25) is 0 Å². The number of rotatable bonds is 12. The van der Waals surface area contributed by atoms with E-state index in [2.05, 4.69) is 53.3 Å². The van der Waals surface area contributed by atoms with Gasteiger partial charge in [-0.1, -0.05) is 88.0 Å². The zero-order valence-electron chi connectivity index (χ0n) is 22.2. The fourth-order valence-electron chi connectivity index (χ4n) is 4.51. The van der Waals surface area contributed by atoms with Gasteiger partial charge < -0.3 is 9.84 Å². The molecule has 0 aliphatic heterocycles. The minimum Gasteiger partial charge on any atom is -0.349 e. The molecule has 1 N–H and O–H groups in total. The van der Waals surface area contributed by atoms with Crippen LogP contribution in [0.5, 0.6) is 0 Å². The number of benzene rings is 1. The summed E-state index contributed by atoms with van der Waals surface area (Å²) in [7, 11) is 0. The lowest BCUT2D eigenvalue weighted by molar-refractivity contribution is -0.128. The van der Waals surface area contributed by atoms with E-state index in [0.29, 0.717) is 12.3 Å². The predicted octanol–water partition coefficient (Wildman–Crippen LogP) is 7.18. The Bertz CT molecular complexity index is 996. The van der Waals surface area contributed by atoms with Crippen LogP contribution in [0.4, 0.5) is 0 Å². The summed E-state index contributed by atoms with van der Waals surface area (Å²) in [6.07, 6.45) is 12.4. The Morgan fingerprint density at radius 1 is 0.972 bits per heavy atom. The number of amides is 1. The van der Waals surface area contributed by atoms with Crippen LogP contribution in [0.1, 0.15) is 113 Å². The summed E-state index contributed by atoms with van der Waals surface area (Å²) in [6.45, 7) is 6.53. The SMILES string of the molecule is CCCC(CCC)c1nc(Cc2ccccn2)no1.CCCC(NC(=O)C1CCC1)c1ccccc1. The lowest BCUT2D eigenvalue weighted by Crippen LogP contribution is -2.36. The molecule has 2 heterocycles. The van der Waals surface area contributed by atoms with Crippen molar-refractivity contribution in [2.24, 2.45) is 5.92 Å². The van der Waals surface area contributed by atoms with Gasteiger partial charge in [-0.05, 0) is 49.8 Å². The highest BCUT2D eigenvalue weighted by Gasteiger charge is 2.27. The van der Waals surface area contributed by atoms with Gasteiger partial charge in [0.15, 0.2) is 5.82 Å². The molecule has 2 aromatic heterocycles. The van der Waals surface area contributed by atoms with Crippen molar-refractivity contribution >= 4 is 5.91 Å². The molecule has 1 amide bonds. The summed E-state index contributed by atoms with van der Waals surface area (Å²) >= 11 is 0. The summed E-state index contributed by atoms with van der Waals surface area (Å²) in [6, 6.07) is 16.3. The lowest BCUT2D eigenvalue weighted by atomic mass is 9.84. The molecule has 1 atom stereocenters. The maximum absolute atomic E-state index is 12.0. The number of hydrogen-bond acceptors (Lipinski definition) is 5. The zero-order chi connectivity index (χ0) is 25.6. The first-order valence-electron chi connectivity index (χ1n) is 13.7. The highest BCUT2D eigenvalue weighted by molar-refractivity contribution is 5.79. The summed E-state index contributed by atoms with van der Waals surface area (Å²) in [5.74, 6) is 2.44. The van der Waals surface area contributed by atoms with E-state index < -0.39 is 0 Å². The quantitative estimate of drug-likeness (QED) is 0.291. The van der Waals surface area contributed by atoms with Gasteiger partial charge in [-0.25, -0.2) is 0 Å². The Labute approximate surface area is 216 Å². The van der Waals surface area contributed by atoms with E-state index in [0.717, 1.165) is 68.8 Å². The van der Waals surface area contributed by atoms with Crippen molar-refractivity contribution in [3.8, 4) is 0 Å². The molecule has 1 fully saturated rings. The van der Waals surface area contributed by atoms with Crippen molar-refractivity contribution in [1.29, 1.82) is 0 Å². The zero-order valence-corrected chi connectivity index (χ0v) is 22.2. The van der Waals surface area contributed by atoms with Gasteiger partial charge in [0.1, 0.15) is 0 Å². The van der Waals surface area contributed by atoms with E-state index >= 15 is 0 Å². The normalized spacial score (nSPS) is 14.0. The summed E-state index contributed by atoms with van der Waals surface area (Å²) in [5, 5.41) is 7.27. The number of carbonyl (C=O) groups excluding carboxylic acids is 1. The van der Waals surface area contributed by atoms with Crippen LogP contribution in [-0.2, 0) is 11.2 Å². The average molecular weight is 491 g/mol. The molecule has 194 valence electrons. The van der Waals surface area contributed by atoms with Crippen LogP contribution in [0.25, 0.3) is 0 Å². The first-order valence-corrected chi connectivity index (χ1v) is 13.7. The fourth-order valence-corrected chi connectivity index (χ4v) is 4.51. The molecule has 0 radical (unpaired) electrons. The topological polar surface area (TPSA) is 80.9 Å². The average Bonchev–Trinajstić information content (AvgIpc) is 3.32. The molecular formula is C30H42N4O2. The van der Waals surface area contributed by atoms with Crippen molar-refractivity contribution in [1.82, 2.24) is 20.4 Å². The van der Waals surface area contributed by atoms with Gasteiger partial charge in [-0.3, -0.25) is 9.78 Å². The molecule has 4 rings (SSSR count). The number of nitrogens with one attached hydrogen (secondary N) is 1. The Kier molecular flexibility index (Phi) is 11.6. The molecule has 0 bridgehead atoms. The minimum absolute atomic E-state index is 0.189. The fraction of sp³-hybridized carbons (Fsp3) is 0.533. The Morgan fingerprint density at radius 2 is 1.67 bits per heavy atom. The molecule has 1 saturated carbocycles. The van der Waals surface area contributed by atoms with Crippen molar-refractivity contribution in [3.05, 3.63) is 77.7 Å². The molecule has 1 unspecified atom stereocenters. The molecule has 36 heavy (non-hydrogen) atoms. The Morgan fingerprint density at radius 3 is 2.25 bits per heavy atom. The molecular weight excluding hydrogens is 448 g/mol. The standard InChI is InChI=1S/C15H21N3O.C15H21NO/c1-3-7-12(8-4-2)15-17-14(18-19-15)11-13-9-5-6-10-16-13;1-2-7-14(12-8-4-3-5-9-12)16-15(17)13-10-6-11-13/h5-6,9-10,12H,3-4,7-8,11H2,1-2H3;3-5,8-9,13-14H,2,6-7,10-11H2,1H3,(H,16,17). The molecule has 1 aliphatic rings. The molecule has 6 nitrogen and oxygen atoms in total. The number of aromatic nitrogens is 3. The van der Waals surface area contributed by atoms with Gasteiger partial charge in [0, 0.05) is 23.7 Å². The Balaban J connectivity index is 0.000000202. The summed E-state index contributed by atoms with van der Waals surface area (Å²) in [4.78, 5) is 20.8. The molecule has 1 aromatic carbocycles. The van der Waals surface area contributed by atoms with Gasteiger partial charge in [0.2, 0.25) is 11.8 Å². The van der Waals surface area contributed by atoms with Crippen molar-refractivity contribution in [2.75, 3.05) is 0 Å². The summed E-state index contributed by atoms with van der Waals surface area (Å²) < 4.78 is 5.42. The number of pyridine rings is 1. The summed E-state index contributed by atoms with van der Waals surface area (Å²) in [5.41, 5.74) is 2.19. The van der Waals surface area contributed by atoms with Gasteiger partial charge >= 0.3 is 0 Å². The van der Waals surface area contributed by atoms with Crippen LogP contribution in [0.15, 0.2) is 59.3 Å². The van der Waals surface area contributed by atoms with Gasteiger partial charge in [0.05, 0.1) is 12.5 Å². The van der Waals surface area contributed by atoms with E-state index in [4.69, 9.17) is 4.52 Å². The number of carbonyl (C=O) groups is 1. The molecule has 1 aliphatic carbocycles. The third-order valence-corrected chi connectivity index (χ3v) is 6.74. The van der Waals surface area contributed by atoms with Crippen LogP contribution < -0.4 is 5.32 Å². The highest BCUT2D eigenvalue weighted by Crippen LogP contribution is 2.28. The van der Waals surface area contributed by atoms with Crippen molar-refractivity contribution < 1.29 is 9.32 Å². The maximum atomic E-state index is 12.0.